The van der Waals surface area contributed by atoms with Crippen LogP contribution in [0.4, 0.5) is 13.6 Å². The second-order valence-electron chi connectivity index (χ2n) is 8.09. The highest BCUT2D eigenvalue weighted by Crippen LogP contribution is 2.48. The minimum absolute atomic E-state index is 0.101. The maximum Gasteiger partial charge on any atom is 0.408 e. The Balaban J connectivity index is 2.28. The topological polar surface area (TPSA) is 73.7 Å². The molecule has 1 aromatic heterocycles. The molecule has 2 aromatic rings. The predicted octanol–water partition coefficient (Wildman–Crippen LogP) is 4.79. The fourth-order valence-electron chi connectivity index (χ4n) is 4.08. The van der Waals surface area contributed by atoms with E-state index in [9.17, 15) is 23.8 Å². The molecule has 1 amide bonds. The Morgan fingerprint density at radius 3 is 2.46 bits per heavy atom. The van der Waals surface area contributed by atoms with Crippen LogP contribution in [0.15, 0.2) is 36.5 Å². The van der Waals surface area contributed by atoms with Crippen molar-refractivity contribution in [1.29, 1.82) is 0 Å². The quantitative estimate of drug-likeness (QED) is 0.723. The zero-order chi connectivity index (χ0) is 20.6. The highest BCUT2D eigenvalue weighted by atomic mass is 19.2. The van der Waals surface area contributed by atoms with E-state index >= 15 is 0 Å². The van der Waals surface area contributed by atoms with E-state index in [2.05, 4.69) is 4.98 Å². The van der Waals surface area contributed by atoms with Crippen molar-refractivity contribution >= 4 is 6.09 Å². The van der Waals surface area contributed by atoms with E-state index in [4.69, 9.17) is 0 Å². The molecule has 1 aromatic carbocycles. The zero-order valence-corrected chi connectivity index (χ0v) is 16.1. The average molecular weight is 390 g/mol. The monoisotopic (exact) mass is 390 g/mol. The molecule has 1 aliphatic rings. The molecule has 1 heterocycles. The van der Waals surface area contributed by atoms with Crippen LogP contribution >= 0.6 is 0 Å². The average Bonchev–Trinajstić information content (AvgIpc) is 2.75. The summed E-state index contributed by atoms with van der Waals surface area (Å²) in [5.74, 6) is -2.64. The van der Waals surface area contributed by atoms with E-state index in [-0.39, 0.29) is 18.4 Å². The van der Waals surface area contributed by atoms with Gasteiger partial charge in [0, 0.05) is 17.7 Å². The molecule has 5 nitrogen and oxygen atoms in total. The van der Waals surface area contributed by atoms with Crippen LogP contribution in [0.5, 0.6) is 0 Å². The molecule has 0 saturated carbocycles. The molecule has 7 heteroatoms. The van der Waals surface area contributed by atoms with E-state index in [1.807, 2.05) is 0 Å². The highest BCUT2D eigenvalue weighted by Gasteiger charge is 2.43. The number of fused-ring (bicyclic) bond motifs is 1. The van der Waals surface area contributed by atoms with Crippen molar-refractivity contribution in [2.24, 2.45) is 0 Å². The van der Waals surface area contributed by atoms with E-state index in [0.717, 1.165) is 6.07 Å². The van der Waals surface area contributed by atoms with Crippen LogP contribution in [0.2, 0.25) is 0 Å². The number of hydrogen-bond donors (Lipinski definition) is 2. The summed E-state index contributed by atoms with van der Waals surface area (Å²) in [5, 5.41) is 20.6. The first-order chi connectivity index (χ1) is 13.1. The fraction of sp³-hybridized carbons (Fsp3) is 0.429. The Bertz CT molecular complexity index is 882. The van der Waals surface area contributed by atoms with E-state index < -0.39 is 41.3 Å². The molecule has 2 N–H and O–H groups in total. The lowest BCUT2D eigenvalue weighted by molar-refractivity contribution is 0.0584. The molecule has 1 aliphatic carbocycles. The number of aliphatic hydroxyl groups is 1. The van der Waals surface area contributed by atoms with Crippen molar-refractivity contribution in [3.8, 4) is 0 Å². The van der Waals surface area contributed by atoms with E-state index in [1.165, 1.54) is 23.2 Å². The molecule has 0 bridgehead atoms. The predicted molar refractivity (Wildman–Crippen MR) is 99.9 cm³/mol. The SMILES string of the molecule is CC(C)(C)N(C(=O)O)[C@@H]1c2cccnc2[C@H](O)CC[C@H]1c1cccc(F)c1F. The van der Waals surface area contributed by atoms with Gasteiger partial charge in [0.15, 0.2) is 11.6 Å². The van der Waals surface area contributed by atoms with Crippen LogP contribution in [0.3, 0.4) is 0 Å². The summed E-state index contributed by atoms with van der Waals surface area (Å²) in [7, 11) is 0. The summed E-state index contributed by atoms with van der Waals surface area (Å²) in [4.78, 5) is 17.8. The summed E-state index contributed by atoms with van der Waals surface area (Å²) in [5.41, 5.74) is 0.172. The van der Waals surface area contributed by atoms with Crippen molar-refractivity contribution in [1.82, 2.24) is 9.88 Å². The third-order valence-corrected chi connectivity index (χ3v) is 5.23. The first-order valence-corrected chi connectivity index (χ1v) is 9.22. The highest BCUT2D eigenvalue weighted by molar-refractivity contribution is 5.67. The van der Waals surface area contributed by atoms with Gasteiger partial charge < -0.3 is 10.2 Å². The van der Waals surface area contributed by atoms with Gasteiger partial charge in [-0.25, -0.2) is 13.6 Å². The number of amides is 1. The van der Waals surface area contributed by atoms with Crippen molar-refractivity contribution < 1.29 is 23.8 Å². The molecule has 3 atom stereocenters. The molecule has 0 radical (unpaired) electrons. The van der Waals surface area contributed by atoms with Crippen LogP contribution in [-0.2, 0) is 0 Å². The number of rotatable bonds is 2. The molecule has 150 valence electrons. The van der Waals surface area contributed by atoms with Gasteiger partial charge in [-0.15, -0.1) is 0 Å². The Labute approximate surface area is 162 Å². The number of aromatic nitrogens is 1. The lowest BCUT2D eigenvalue weighted by Crippen LogP contribution is -2.49. The van der Waals surface area contributed by atoms with Crippen molar-refractivity contribution in [3.05, 3.63) is 65.0 Å². The maximum absolute atomic E-state index is 14.7. The Morgan fingerprint density at radius 1 is 1.14 bits per heavy atom. The molecule has 0 saturated heterocycles. The Morgan fingerprint density at radius 2 is 1.82 bits per heavy atom. The van der Waals surface area contributed by atoms with Gasteiger partial charge in [-0.05, 0) is 56.9 Å². The summed E-state index contributed by atoms with van der Waals surface area (Å²) >= 11 is 0. The van der Waals surface area contributed by atoms with Gasteiger partial charge >= 0.3 is 6.09 Å². The van der Waals surface area contributed by atoms with Crippen LogP contribution in [0.25, 0.3) is 0 Å². The number of carbonyl (C=O) groups is 1. The largest absolute Gasteiger partial charge is 0.465 e. The fourth-order valence-corrected chi connectivity index (χ4v) is 4.08. The molecular formula is C21H24F2N2O3. The second-order valence-corrected chi connectivity index (χ2v) is 8.09. The molecule has 28 heavy (non-hydrogen) atoms. The third-order valence-electron chi connectivity index (χ3n) is 5.23. The molecule has 0 unspecified atom stereocenters. The van der Waals surface area contributed by atoms with Crippen molar-refractivity contribution in [3.63, 3.8) is 0 Å². The lowest BCUT2D eigenvalue weighted by atomic mass is 9.82. The molecule has 0 aliphatic heterocycles. The van der Waals surface area contributed by atoms with Gasteiger partial charge in [0.05, 0.1) is 17.8 Å². The normalized spacial score (nSPS) is 22.3. The smallest absolute Gasteiger partial charge is 0.408 e. The summed E-state index contributed by atoms with van der Waals surface area (Å²) in [6.45, 7) is 5.24. The number of carboxylic acid groups (broad SMARTS) is 1. The van der Waals surface area contributed by atoms with Gasteiger partial charge in [0.1, 0.15) is 0 Å². The van der Waals surface area contributed by atoms with E-state index in [0.29, 0.717) is 11.3 Å². The van der Waals surface area contributed by atoms with Crippen molar-refractivity contribution in [2.45, 2.75) is 57.2 Å². The summed E-state index contributed by atoms with van der Waals surface area (Å²) in [6.07, 6.45) is -0.00704. The number of halogens is 2. The minimum atomic E-state index is -1.18. The molecular weight excluding hydrogens is 366 g/mol. The lowest BCUT2D eigenvalue weighted by Gasteiger charge is -2.43. The number of hydrogen-bond acceptors (Lipinski definition) is 3. The number of nitrogens with zero attached hydrogens (tertiary/aromatic N) is 2. The zero-order valence-electron chi connectivity index (χ0n) is 16.1. The Hall–Kier alpha value is -2.54. The second kappa shape index (κ2) is 7.47. The van der Waals surface area contributed by atoms with Gasteiger partial charge in [0.2, 0.25) is 0 Å². The van der Waals surface area contributed by atoms with Crippen LogP contribution in [-0.4, -0.2) is 31.7 Å². The van der Waals surface area contributed by atoms with Gasteiger partial charge in [-0.2, -0.15) is 0 Å². The first kappa shape index (κ1) is 20.2. The van der Waals surface area contributed by atoms with Gasteiger partial charge in [0.25, 0.3) is 0 Å². The maximum atomic E-state index is 14.7. The van der Waals surface area contributed by atoms with E-state index in [1.54, 1.807) is 32.9 Å². The number of benzene rings is 1. The number of pyridine rings is 1. The van der Waals surface area contributed by atoms with Crippen molar-refractivity contribution in [2.75, 3.05) is 0 Å². The standard InChI is InChI=1S/C21H24F2N2O3/c1-21(2,3)25(20(27)28)19-13(12-6-4-8-15(22)17(12)23)9-10-16(26)18-14(19)7-5-11-24-18/h4-8,11,13,16,19,26H,9-10H2,1-3H3,(H,27,28)/t13-,16+,19-/m0/s1. The minimum Gasteiger partial charge on any atom is -0.465 e. The van der Waals surface area contributed by atoms with Crippen LogP contribution < -0.4 is 0 Å². The van der Waals surface area contributed by atoms with Crippen LogP contribution in [0.1, 0.15) is 68.5 Å². The summed E-state index contributed by atoms with van der Waals surface area (Å²) in [6, 6.07) is 6.46. The molecule has 3 rings (SSSR count). The van der Waals surface area contributed by atoms with Gasteiger partial charge in [-0.1, -0.05) is 18.2 Å². The first-order valence-electron chi connectivity index (χ1n) is 9.22. The molecule has 0 spiro atoms. The Kier molecular flexibility index (Phi) is 5.39. The summed E-state index contributed by atoms with van der Waals surface area (Å²) < 4.78 is 28.7. The van der Waals surface area contributed by atoms with Crippen LogP contribution in [0, 0.1) is 11.6 Å². The van der Waals surface area contributed by atoms with Gasteiger partial charge in [-0.3, -0.25) is 9.88 Å². The molecule has 0 fully saturated rings. The number of aliphatic hydroxyl groups excluding tert-OH is 1. The third kappa shape index (κ3) is 3.58.